The summed E-state index contributed by atoms with van der Waals surface area (Å²) in [7, 11) is 0. The topological polar surface area (TPSA) is 110 Å². The van der Waals surface area contributed by atoms with Gasteiger partial charge in [0.05, 0.1) is 18.8 Å². The molecule has 144 valence electrons. The fourth-order valence-corrected chi connectivity index (χ4v) is 2.81. The van der Waals surface area contributed by atoms with Gasteiger partial charge in [0, 0.05) is 31.6 Å². The summed E-state index contributed by atoms with van der Waals surface area (Å²) in [4.78, 5) is 24.1. The fraction of sp³-hybridized carbons (Fsp3) is 0.444. The maximum absolute atomic E-state index is 12.0. The zero-order valence-electron chi connectivity index (χ0n) is 15.2. The van der Waals surface area contributed by atoms with E-state index < -0.39 is 5.97 Å². The summed E-state index contributed by atoms with van der Waals surface area (Å²) < 4.78 is 7.21. The van der Waals surface area contributed by atoms with Gasteiger partial charge in [0.1, 0.15) is 11.4 Å². The Hall–Kier alpha value is -3.10. The van der Waals surface area contributed by atoms with E-state index in [9.17, 15) is 9.59 Å². The largest absolute Gasteiger partial charge is 0.494 e. The van der Waals surface area contributed by atoms with Gasteiger partial charge in [-0.15, -0.1) is 5.10 Å². The monoisotopic (exact) mass is 373 g/mol. The van der Waals surface area contributed by atoms with Crippen LogP contribution in [0.3, 0.4) is 0 Å². The molecule has 0 unspecified atom stereocenters. The van der Waals surface area contributed by atoms with Crippen molar-refractivity contribution >= 4 is 12.0 Å². The highest BCUT2D eigenvalue weighted by molar-refractivity contribution is 5.75. The van der Waals surface area contributed by atoms with Gasteiger partial charge < -0.3 is 20.1 Å². The second-order valence-corrected chi connectivity index (χ2v) is 6.33. The SMILES string of the molecule is CCOc1ccc(-c2cn(C3CN(C(=O)NCCCC(=O)O)C3)nn2)cc1. The number of likely N-dealkylation sites (tertiary alicyclic amines) is 1. The van der Waals surface area contributed by atoms with Crippen molar-refractivity contribution in [2.24, 2.45) is 0 Å². The zero-order chi connectivity index (χ0) is 19.2. The van der Waals surface area contributed by atoms with E-state index in [0.29, 0.717) is 32.7 Å². The molecule has 1 aromatic carbocycles. The van der Waals surface area contributed by atoms with Gasteiger partial charge in [-0.1, -0.05) is 5.21 Å². The van der Waals surface area contributed by atoms with Crippen LogP contribution in [-0.4, -0.2) is 63.2 Å². The van der Waals surface area contributed by atoms with E-state index in [4.69, 9.17) is 9.84 Å². The summed E-state index contributed by atoms with van der Waals surface area (Å²) in [6.45, 7) is 4.03. The number of hydrogen-bond acceptors (Lipinski definition) is 5. The highest BCUT2D eigenvalue weighted by atomic mass is 16.5. The molecule has 0 aliphatic carbocycles. The lowest BCUT2D eigenvalue weighted by Crippen LogP contribution is -2.54. The molecule has 0 atom stereocenters. The average molecular weight is 373 g/mol. The molecule has 0 bridgehead atoms. The molecule has 9 nitrogen and oxygen atoms in total. The van der Waals surface area contributed by atoms with Crippen molar-refractivity contribution in [3.63, 3.8) is 0 Å². The number of aliphatic carboxylic acids is 1. The predicted molar refractivity (Wildman–Crippen MR) is 97.5 cm³/mol. The third-order valence-electron chi connectivity index (χ3n) is 4.34. The molecule has 1 aromatic heterocycles. The van der Waals surface area contributed by atoms with Crippen LogP contribution in [0.2, 0.25) is 0 Å². The third kappa shape index (κ3) is 4.75. The number of nitrogens with zero attached hydrogens (tertiary/aromatic N) is 4. The smallest absolute Gasteiger partial charge is 0.317 e. The Bertz CT molecular complexity index is 783. The molecule has 2 aromatic rings. The number of rotatable bonds is 8. The van der Waals surface area contributed by atoms with Crippen molar-refractivity contribution in [2.75, 3.05) is 26.2 Å². The number of aromatic nitrogens is 3. The number of carboxylic acid groups (broad SMARTS) is 1. The highest BCUT2D eigenvalue weighted by Crippen LogP contribution is 2.24. The second-order valence-electron chi connectivity index (χ2n) is 6.33. The lowest BCUT2D eigenvalue weighted by molar-refractivity contribution is -0.137. The first kappa shape index (κ1) is 18.7. The number of nitrogens with one attached hydrogen (secondary N) is 1. The Kier molecular flexibility index (Phi) is 5.90. The lowest BCUT2D eigenvalue weighted by Gasteiger charge is -2.38. The molecule has 0 saturated carbocycles. The molecular formula is C18H23N5O4. The van der Waals surface area contributed by atoms with E-state index in [-0.39, 0.29) is 18.5 Å². The van der Waals surface area contributed by atoms with E-state index in [1.807, 2.05) is 37.4 Å². The van der Waals surface area contributed by atoms with Crippen LogP contribution in [0.25, 0.3) is 11.3 Å². The number of urea groups is 1. The molecule has 3 rings (SSSR count). The highest BCUT2D eigenvalue weighted by Gasteiger charge is 2.32. The molecular weight excluding hydrogens is 350 g/mol. The number of amides is 2. The summed E-state index contributed by atoms with van der Waals surface area (Å²) in [6, 6.07) is 7.60. The van der Waals surface area contributed by atoms with Gasteiger partial charge in [-0.2, -0.15) is 0 Å². The van der Waals surface area contributed by atoms with E-state index >= 15 is 0 Å². The van der Waals surface area contributed by atoms with Crippen molar-refractivity contribution in [2.45, 2.75) is 25.8 Å². The van der Waals surface area contributed by atoms with Crippen LogP contribution in [0.1, 0.15) is 25.8 Å². The standard InChI is InChI=1S/C18H23N5O4/c1-2-27-15-7-5-13(6-8-15)16-12-23(21-20-16)14-10-22(11-14)18(26)19-9-3-4-17(24)25/h5-8,12,14H,2-4,9-11H2,1H3,(H,19,26)(H,24,25). The average Bonchev–Trinajstić information content (AvgIpc) is 3.08. The molecule has 2 heterocycles. The van der Waals surface area contributed by atoms with Gasteiger partial charge in [0.15, 0.2) is 0 Å². The maximum Gasteiger partial charge on any atom is 0.317 e. The minimum absolute atomic E-state index is 0.0518. The first-order chi connectivity index (χ1) is 13.1. The summed E-state index contributed by atoms with van der Waals surface area (Å²) >= 11 is 0. The zero-order valence-corrected chi connectivity index (χ0v) is 15.2. The minimum Gasteiger partial charge on any atom is -0.494 e. The van der Waals surface area contributed by atoms with Crippen molar-refractivity contribution in [3.05, 3.63) is 30.5 Å². The van der Waals surface area contributed by atoms with Gasteiger partial charge in [0.2, 0.25) is 0 Å². The molecule has 2 amide bonds. The third-order valence-corrected chi connectivity index (χ3v) is 4.34. The summed E-state index contributed by atoms with van der Waals surface area (Å²) in [6.07, 6.45) is 2.35. The van der Waals surface area contributed by atoms with Crippen molar-refractivity contribution in [3.8, 4) is 17.0 Å². The Morgan fingerprint density at radius 1 is 1.30 bits per heavy atom. The Labute approximate surface area is 156 Å². The summed E-state index contributed by atoms with van der Waals surface area (Å²) in [5.41, 5.74) is 1.73. The Balaban J connectivity index is 1.47. The number of carbonyl (C=O) groups excluding carboxylic acids is 1. The van der Waals surface area contributed by atoms with Gasteiger partial charge >= 0.3 is 12.0 Å². The quantitative estimate of drug-likeness (QED) is 0.683. The van der Waals surface area contributed by atoms with Gasteiger partial charge in [0.25, 0.3) is 0 Å². The van der Waals surface area contributed by atoms with Gasteiger partial charge in [-0.05, 0) is 37.6 Å². The van der Waals surface area contributed by atoms with E-state index in [1.165, 1.54) is 0 Å². The molecule has 1 saturated heterocycles. The first-order valence-electron chi connectivity index (χ1n) is 8.96. The van der Waals surface area contributed by atoms with Crippen molar-refractivity contribution < 1.29 is 19.4 Å². The van der Waals surface area contributed by atoms with Crippen molar-refractivity contribution in [1.82, 2.24) is 25.2 Å². The van der Waals surface area contributed by atoms with E-state index in [1.54, 1.807) is 9.58 Å². The fourth-order valence-electron chi connectivity index (χ4n) is 2.81. The molecule has 0 spiro atoms. The molecule has 0 radical (unpaired) electrons. The summed E-state index contributed by atoms with van der Waals surface area (Å²) in [5.74, 6) is -0.0413. The second kappa shape index (κ2) is 8.52. The normalized spacial score (nSPS) is 13.9. The Morgan fingerprint density at radius 3 is 2.70 bits per heavy atom. The molecule has 9 heteroatoms. The Morgan fingerprint density at radius 2 is 2.04 bits per heavy atom. The predicted octanol–water partition coefficient (Wildman–Crippen LogP) is 1.77. The van der Waals surface area contributed by atoms with Crippen LogP contribution >= 0.6 is 0 Å². The molecule has 1 aliphatic rings. The minimum atomic E-state index is -0.859. The summed E-state index contributed by atoms with van der Waals surface area (Å²) in [5, 5.41) is 19.7. The van der Waals surface area contributed by atoms with Crippen LogP contribution in [0.4, 0.5) is 4.79 Å². The van der Waals surface area contributed by atoms with Crippen LogP contribution < -0.4 is 10.1 Å². The number of benzene rings is 1. The van der Waals surface area contributed by atoms with E-state index in [0.717, 1.165) is 17.0 Å². The molecule has 27 heavy (non-hydrogen) atoms. The van der Waals surface area contributed by atoms with Gasteiger partial charge in [-0.3, -0.25) is 4.79 Å². The van der Waals surface area contributed by atoms with Crippen molar-refractivity contribution in [1.29, 1.82) is 0 Å². The van der Waals surface area contributed by atoms with Crippen LogP contribution in [0, 0.1) is 0 Å². The van der Waals surface area contributed by atoms with Crippen LogP contribution in [0.15, 0.2) is 30.5 Å². The molecule has 1 aliphatic heterocycles. The molecule has 2 N–H and O–H groups in total. The maximum atomic E-state index is 12.0. The van der Waals surface area contributed by atoms with Crippen LogP contribution in [-0.2, 0) is 4.79 Å². The number of carbonyl (C=O) groups is 2. The first-order valence-corrected chi connectivity index (χ1v) is 8.96. The molecule has 1 fully saturated rings. The number of hydrogen-bond donors (Lipinski definition) is 2. The number of carboxylic acids is 1. The number of ether oxygens (including phenoxy) is 1. The van der Waals surface area contributed by atoms with Gasteiger partial charge in [-0.25, -0.2) is 9.48 Å². The lowest BCUT2D eigenvalue weighted by atomic mass is 10.1. The van der Waals surface area contributed by atoms with E-state index in [2.05, 4.69) is 15.6 Å². The van der Waals surface area contributed by atoms with Crippen LogP contribution in [0.5, 0.6) is 5.75 Å².